The van der Waals surface area contributed by atoms with E-state index >= 15 is 0 Å². The first kappa shape index (κ1) is 13.0. The Balaban J connectivity index is 2.24. The summed E-state index contributed by atoms with van der Waals surface area (Å²) in [7, 11) is 0. The molecule has 5 heteroatoms. The fraction of sp³-hybridized carbons (Fsp3) is 0.143. The van der Waals surface area contributed by atoms with Crippen LogP contribution in [0, 0.1) is 6.92 Å². The molecule has 0 atom stereocenters. The Morgan fingerprint density at radius 2 is 1.95 bits per heavy atom. The lowest BCUT2D eigenvalue weighted by Crippen LogP contribution is -2.00. The van der Waals surface area contributed by atoms with Gasteiger partial charge < -0.3 is 14.9 Å². The lowest BCUT2D eigenvalue weighted by atomic mass is 10.2. The van der Waals surface area contributed by atoms with E-state index in [0.717, 1.165) is 5.56 Å². The summed E-state index contributed by atoms with van der Waals surface area (Å²) >= 11 is 0. The van der Waals surface area contributed by atoms with Gasteiger partial charge in [-0.15, -0.1) is 0 Å². The van der Waals surface area contributed by atoms with E-state index in [1.807, 2.05) is 0 Å². The van der Waals surface area contributed by atoms with Crippen molar-refractivity contribution in [1.29, 1.82) is 0 Å². The van der Waals surface area contributed by atoms with Crippen LogP contribution in [0.25, 0.3) is 0 Å². The number of aryl methyl sites for hydroxylation is 1. The highest BCUT2D eigenvalue weighted by atomic mass is 16.5. The first-order valence-corrected chi connectivity index (χ1v) is 5.68. The maximum absolute atomic E-state index is 10.9. The molecule has 0 bridgehead atoms. The number of ether oxygens (including phenoxy) is 1. The van der Waals surface area contributed by atoms with Crippen LogP contribution < -0.4 is 4.74 Å². The van der Waals surface area contributed by atoms with Crippen LogP contribution in [0.2, 0.25) is 0 Å². The third-order valence-corrected chi connectivity index (χ3v) is 2.51. The zero-order valence-electron chi connectivity index (χ0n) is 10.3. The highest BCUT2D eigenvalue weighted by Crippen LogP contribution is 2.21. The first-order valence-electron chi connectivity index (χ1n) is 5.68. The molecule has 0 unspecified atom stereocenters. The van der Waals surface area contributed by atoms with Crippen molar-refractivity contribution in [2.24, 2.45) is 0 Å². The normalized spacial score (nSPS) is 10.2. The lowest BCUT2D eigenvalue weighted by Gasteiger charge is -2.07. The third kappa shape index (κ3) is 3.29. The van der Waals surface area contributed by atoms with E-state index in [-0.39, 0.29) is 18.1 Å². The number of aliphatic hydroxyl groups is 1. The van der Waals surface area contributed by atoms with Crippen LogP contribution >= 0.6 is 0 Å². The standard InChI is InChI=1S/C14H13NO4/c1-9-6-11(14(17)18)7-13(15-9)19-12-4-2-10(8-16)3-5-12/h2-7,16H,8H2,1H3,(H,17,18). The van der Waals surface area contributed by atoms with Gasteiger partial charge in [-0.2, -0.15) is 0 Å². The van der Waals surface area contributed by atoms with Gasteiger partial charge in [0.2, 0.25) is 5.88 Å². The molecular formula is C14H13NO4. The summed E-state index contributed by atoms with van der Waals surface area (Å²) in [4.78, 5) is 15.0. The van der Waals surface area contributed by atoms with Gasteiger partial charge in [0.15, 0.2) is 0 Å². The Morgan fingerprint density at radius 1 is 1.26 bits per heavy atom. The molecule has 98 valence electrons. The minimum absolute atomic E-state index is 0.0356. The molecule has 19 heavy (non-hydrogen) atoms. The van der Waals surface area contributed by atoms with Gasteiger partial charge in [-0.3, -0.25) is 0 Å². The molecule has 2 rings (SSSR count). The van der Waals surface area contributed by atoms with E-state index in [4.69, 9.17) is 14.9 Å². The number of nitrogens with zero attached hydrogens (tertiary/aromatic N) is 1. The third-order valence-electron chi connectivity index (χ3n) is 2.51. The molecule has 2 aromatic rings. The molecule has 0 aliphatic rings. The number of hydrogen-bond donors (Lipinski definition) is 2. The molecule has 0 aliphatic heterocycles. The van der Waals surface area contributed by atoms with Crippen molar-refractivity contribution in [1.82, 2.24) is 4.98 Å². The Hall–Kier alpha value is -2.40. The van der Waals surface area contributed by atoms with E-state index in [2.05, 4.69) is 4.98 Å². The number of benzene rings is 1. The summed E-state index contributed by atoms with van der Waals surface area (Å²) in [6.07, 6.45) is 0. The molecule has 0 radical (unpaired) electrons. The molecule has 0 spiro atoms. The molecular weight excluding hydrogens is 246 g/mol. The van der Waals surface area contributed by atoms with Gasteiger partial charge in [-0.25, -0.2) is 9.78 Å². The van der Waals surface area contributed by atoms with E-state index in [1.165, 1.54) is 12.1 Å². The Labute approximate surface area is 110 Å². The molecule has 0 fully saturated rings. The summed E-state index contributed by atoms with van der Waals surface area (Å²) in [5.74, 6) is -0.258. The van der Waals surface area contributed by atoms with Crippen molar-refractivity contribution in [3.8, 4) is 11.6 Å². The van der Waals surface area contributed by atoms with Gasteiger partial charge >= 0.3 is 5.97 Å². The number of aromatic nitrogens is 1. The number of pyridine rings is 1. The van der Waals surface area contributed by atoms with Crippen LogP contribution in [-0.2, 0) is 6.61 Å². The summed E-state index contributed by atoms with van der Waals surface area (Å²) in [5, 5.41) is 17.9. The van der Waals surface area contributed by atoms with Gasteiger partial charge in [0.1, 0.15) is 5.75 Å². The molecule has 0 amide bonds. The van der Waals surface area contributed by atoms with Crippen LogP contribution in [0.3, 0.4) is 0 Å². The second kappa shape index (κ2) is 5.49. The van der Waals surface area contributed by atoms with E-state index < -0.39 is 5.97 Å². The Morgan fingerprint density at radius 3 is 2.53 bits per heavy atom. The zero-order valence-corrected chi connectivity index (χ0v) is 10.3. The molecule has 0 aliphatic carbocycles. The molecule has 1 heterocycles. The van der Waals surface area contributed by atoms with Crippen molar-refractivity contribution in [2.45, 2.75) is 13.5 Å². The van der Waals surface area contributed by atoms with Crippen LogP contribution in [0.15, 0.2) is 36.4 Å². The SMILES string of the molecule is Cc1cc(C(=O)O)cc(Oc2ccc(CO)cc2)n1. The van der Waals surface area contributed by atoms with E-state index in [9.17, 15) is 4.79 Å². The van der Waals surface area contributed by atoms with Crippen molar-refractivity contribution in [3.05, 3.63) is 53.2 Å². The van der Waals surface area contributed by atoms with Gasteiger partial charge in [0.25, 0.3) is 0 Å². The van der Waals surface area contributed by atoms with E-state index in [0.29, 0.717) is 11.4 Å². The predicted molar refractivity (Wildman–Crippen MR) is 68.4 cm³/mol. The quantitative estimate of drug-likeness (QED) is 0.881. The van der Waals surface area contributed by atoms with Crippen molar-refractivity contribution < 1.29 is 19.7 Å². The maximum Gasteiger partial charge on any atom is 0.335 e. The number of aromatic carboxylic acids is 1. The van der Waals surface area contributed by atoms with Crippen LogP contribution in [0.1, 0.15) is 21.6 Å². The van der Waals surface area contributed by atoms with Crippen LogP contribution in [-0.4, -0.2) is 21.2 Å². The number of carboxylic acids is 1. The fourth-order valence-corrected chi connectivity index (χ4v) is 1.60. The van der Waals surface area contributed by atoms with E-state index in [1.54, 1.807) is 31.2 Å². The first-order chi connectivity index (χ1) is 9.08. The topological polar surface area (TPSA) is 79.7 Å². The van der Waals surface area contributed by atoms with Crippen LogP contribution in [0.5, 0.6) is 11.6 Å². The molecule has 0 saturated carbocycles. The molecule has 5 nitrogen and oxygen atoms in total. The fourth-order valence-electron chi connectivity index (χ4n) is 1.60. The predicted octanol–water partition coefficient (Wildman–Crippen LogP) is 2.37. The monoisotopic (exact) mass is 259 g/mol. The summed E-state index contributed by atoms with van der Waals surface area (Å²) in [5.41, 5.74) is 1.48. The zero-order chi connectivity index (χ0) is 13.8. The highest BCUT2D eigenvalue weighted by molar-refractivity contribution is 5.88. The second-order valence-electron chi connectivity index (χ2n) is 4.04. The smallest absolute Gasteiger partial charge is 0.335 e. The summed E-state index contributed by atoms with van der Waals surface area (Å²) in [6.45, 7) is 1.67. The molecule has 1 aromatic carbocycles. The van der Waals surface area contributed by atoms with Gasteiger partial charge in [-0.1, -0.05) is 12.1 Å². The van der Waals surface area contributed by atoms with Gasteiger partial charge in [-0.05, 0) is 30.7 Å². The Bertz CT molecular complexity index is 593. The second-order valence-corrected chi connectivity index (χ2v) is 4.04. The van der Waals surface area contributed by atoms with Crippen LogP contribution in [0.4, 0.5) is 0 Å². The number of carboxylic acid groups (broad SMARTS) is 1. The van der Waals surface area contributed by atoms with Gasteiger partial charge in [0.05, 0.1) is 12.2 Å². The summed E-state index contributed by atoms with van der Waals surface area (Å²) in [6, 6.07) is 9.68. The van der Waals surface area contributed by atoms with Crippen molar-refractivity contribution in [2.75, 3.05) is 0 Å². The van der Waals surface area contributed by atoms with Crippen molar-refractivity contribution in [3.63, 3.8) is 0 Å². The maximum atomic E-state index is 10.9. The minimum Gasteiger partial charge on any atom is -0.478 e. The Kier molecular flexibility index (Phi) is 3.77. The lowest BCUT2D eigenvalue weighted by molar-refractivity contribution is 0.0696. The number of carbonyl (C=O) groups is 1. The number of aliphatic hydroxyl groups excluding tert-OH is 1. The number of hydrogen-bond acceptors (Lipinski definition) is 4. The largest absolute Gasteiger partial charge is 0.478 e. The summed E-state index contributed by atoms with van der Waals surface area (Å²) < 4.78 is 5.49. The van der Waals surface area contributed by atoms with Crippen molar-refractivity contribution >= 4 is 5.97 Å². The molecule has 0 saturated heterocycles. The average molecular weight is 259 g/mol. The number of rotatable bonds is 4. The average Bonchev–Trinajstić information content (AvgIpc) is 2.39. The molecule has 1 aromatic heterocycles. The molecule has 2 N–H and O–H groups in total. The van der Waals surface area contributed by atoms with Gasteiger partial charge in [0, 0.05) is 11.8 Å². The highest BCUT2D eigenvalue weighted by Gasteiger charge is 2.08. The minimum atomic E-state index is -1.02.